The summed E-state index contributed by atoms with van der Waals surface area (Å²) in [7, 11) is 0. The lowest BCUT2D eigenvalue weighted by Crippen LogP contribution is -2.46. The molecule has 0 saturated heterocycles. The SMILES string of the molecule is NC(Cc1ccccc1)C(O)CN(N)Cc1ccc(-c2ccccc2)cc1. The highest BCUT2D eigenvalue weighted by Crippen LogP contribution is 2.19. The minimum Gasteiger partial charge on any atom is -0.390 e. The molecule has 0 radical (unpaired) electrons. The molecule has 0 saturated carbocycles. The normalized spacial score (nSPS) is 13.5. The van der Waals surface area contributed by atoms with E-state index in [0.29, 0.717) is 19.5 Å². The third-order valence-electron chi connectivity index (χ3n) is 4.68. The molecule has 0 aliphatic carbocycles. The molecule has 0 aliphatic rings. The Labute approximate surface area is 161 Å². The number of hydrogen-bond donors (Lipinski definition) is 3. The van der Waals surface area contributed by atoms with E-state index in [1.807, 2.05) is 48.5 Å². The molecule has 27 heavy (non-hydrogen) atoms. The van der Waals surface area contributed by atoms with Gasteiger partial charge in [-0.3, -0.25) is 5.84 Å². The largest absolute Gasteiger partial charge is 0.390 e. The summed E-state index contributed by atoms with van der Waals surface area (Å²) in [6.45, 7) is 0.888. The van der Waals surface area contributed by atoms with Crippen LogP contribution < -0.4 is 11.6 Å². The van der Waals surface area contributed by atoms with Gasteiger partial charge in [0.25, 0.3) is 0 Å². The van der Waals surface area contributed by atoms with Crippen molar-refractivity contribution in [3.8, 4) is 11.1 Å². The molecule has 0 aliphatic heterocycles. The zero-order chi connectivity index (χ0) is 19.1. The number of benzene rings is 3. The van der Waals surface area contributed by atoms with Crippen molar-refractivity contribution in [1.29, 1.82) is 0 Å². The van der Waals surface area contributed by atoms with Crippen molar-refractivity contribution in [3.05, 3.63) is 96.1 Å². The van der Waals surface area contributed by atoms with Gasteiger partial charge in [0.05, 0.1) is 6.10 Å². The van der Waals surface area contributed by atoms with Crippen LogP contribution in [-0.2, 0) is 13.0 Å². The first-order valence-corrected chi connectivity index (χ1v) is 9.23. The van der Waals surface area contributed by atoms with Gasteiger partial charge in [0, 0.05) is 19.1 Å². The number of hydrogen-bond acceptors (Lipinski definition) is 4. The van der Waals surface area contributed by atoms with E-state index >= 15 is 0 Å². The van der Waals surface area contributed by atoms with Crippen molar-refractivity contribution < 1.29 is 5.11 Å². The van der Waals surface area contributed by atoms with Crippen LogP contribution in [0.5, 0.6) is 0 Å². The first kappa shape index (κ1) is 19.3. The fourth-order valence-corrected chi connectivity index (χ4v) is 3.13. The average Bonchev–Trinajstić information content (AvgIpc) is 2.70. The van der Waals surface area contributed by atoms with E-state index < -0.39 is 6.10 Å². The molecule has 140 valence electrons. The summed E-state index contributed by atoms with van der Waals surface area (Å²) < 4.78 is 0. The second kappa shape index (κ2) is 9.44. The summed E-state index contributed by atoms with van der Waals surface area (Å²) in [6.07, 6.45) is -0.0551. The van der Waals surface area contributed by atoms with Crippen LogP contribution in [-0.4, -0.2) is 28.8 Å². The molecule has 5 N–H and O–H groups in total. The van der Waals surface area contributed by atoms with Gasteiger partial charge in [-0.1, -0.05) is 84.9 Å². The molecule has 3 aromatic rings. The summed E-state index contributed by atoms with van der Waals surface area (Å²) in [6, 6.07) is 28.2. The Bertz CT molecular complexity index is 806. The van der Waals surface area contributed by atoms with Gasteiger partial charge in [0.15, 0.2) is 0 Å². The molecule has 0 fully saturated rings. The molecule has 4 heteroatoms. The number of aliphatic hydroxyl groups is 1. The van der Waals surface area contributed by atoms with Crippen LogP contribution in [0.25, 0.3) is 11.1 Å². The van der Waals surface area contributed by atoms with Crippen molar-refractivity contribution in [1.82, 2.24) is 5.01 Å². The Morgan fingerprint density at radius 3 is 1.93 bits per heavy atom. The van der Waals surface area contributed by atoms with Gasteiger partial charge in [-0.25, -0.2) is 5.01 Å². The monoisotopic (exact) mass is 361 g/mol. The Kier molecular flexibility index (Phi) is 6.74. The van der Waals surface area contributed by atoms with Gasteiger partial charge < -0.3 is 10.8 Å². The first-order valence-electron chi connectivity index (χ1n) is 9.23. The Morgan fingerprint density at radius 1 is 0.741 bits per heavy atom. The molecule has 2 atom stereocenters. The number of rotatable bonds is 8. The van der Waals surface area contributed by atoms with E-state index in [-0.39, 0.29) is 6.04 Å². The number of aliphatic hydroxyl groups excluding tert-OH is 1. The highest BCUT2D eigenvalue weighted by Gasteiger charge is 2.17. The highest BCUT2D eigenvalue weighted by atomic mass is 16.3. The maximum Gasteiger partial charge on any atom is 0.0835 e. The van der Waals surface area contributed by atoms with Gasteiger partial charge >= 0.3 is 0 Å². The Morgan fingerprint density at radius 2 is 1.30 bits per heavy atom. The lowest BCUT2D eigenvalue weighted by atomic mass is 10.0. The van der Waals surface area contributed by atoms with E-state index in [1.165, 1.54) is 11.1 Å². The molecule has 0 bridgehead atoms. The molecule has 4 nitrogen and oxygen atoms in total. The first-order chi connectivity index (χ1) is 13.1. The van der Waals surface area contributed by atoms with Crippen LogP contribution in [0.1, 0.15) is 11.1 Å². The number of hydrazine groups is 1. The molecule has 0 amide bonds. The van der Waals surface area contributed by atoms with Crippen LogP contribution >= 0.6 is 0 Å². The summed E-state index contributed by atoms with van der Waals surface area (Å²) in [4.78, 5) is 0. The molecular formula is C23H27N3O. The van der Waals surface area contributed by atoms with Crippen molar-refractivity contribution >= 4 is 0 Å². The summed E-state index contributed by atoms with van der Waals surface area (Å²) in [5.74, 6) is 6.10. The van der Waals surface area contributed by atoms with E-state index in [4.69, 9.17) is 11.6 Å². The summed E-state index contributed by atoms with van der Waals surface area (Å²) >= 11 is 0. The molecule has 0 spiro atoms. The van der Waals surface area contributed by atoms with Gasteiger partial charge in [-0.05, 0) is 28.7 Å². The zero-order valence-electron chi connectivity index (χ0n) is 15.4. The summed E-state index contributed by atoms with van der Waals surface area (Å²) in [5, 5.41) is 12.0. The molecule has 2 unspecified atom stereocenters. The van der Waals surface area contributed by atoms with E-state index in [9.17, 15) is 5.11 Å². The van der Waals surface area contributed by atoms with Crippen molar-refractivity contribution in [3.63, 3.8) is 0 Å². The van der Waals surface area contributed by atoms with Crippen molar-refractivity contribution in [2.45, 2.75) is 25.1 Å². The maximum atomic E-state index is 10.4. The zero-order valence-corrected chi connectivity index (χ0v) is 15.4. The molecule has 3 aromatic carbocycles. The summed E-state index contributed by atoms with van der Waals surface area (Å²) in [5.41, 5.74) is 10.7. The molecule has 3 rings (SSSR count). The molecule has 0 aromatic heterocycles. The minimum atomic E-state index is -0.682. The van der Waals surface area contributed by atoms with Crippen LogP contribution in [0.15, 0.2) is 84.9 Å². The van der Waals surface area contributed by atoms with Gasteiger partial charge in [-0.2, -0.15) is 0 Å². The Balaban J connectivity index is 1.51. The van der Waals surface area contributed by atoms with Crippen LogP contribution in [0.3, 0.4) is 0 Å². The third kappa shape index (κ3) is 5.74. The lowest BCUT2D eigenvalue weighted by molar-refractivity contribution is 0.0877. The van der Waals surface area contributed by atoms with Gasteiger partial charge in [-0.15, -0.1) is 0 Å². The molecule has 0 heterocycles. The number of nitrogens with zero attached hydrogens (tertiary/aromatic N) is 1. The smallest absolute Gasteiger partial charge is 0.0835 e. The third-order valence-corrected chi connectivity index (χ3v) is 4.68. The van der Waals surface area contributed by atoms with Crippen LogP contribution in [0.2, 0.25) is 0 Å². The van der Waals surface area contributed by atoms with Crippen LogP contribution in [0, 0.1) is 0 Å². The maximum absolute atomic E-state index is 10.4. The number of nitrogens with two attached hydrogens (primary N) is 2. The van der Waals surface area contributed by atoms with E-state index in [2.05, 4.69) is 36.4 Å². The average molecular weight is 361 g/mol. The van der Waals surface area contributed by atoms with Gasteiger partial charge in [0.2, 0.25) is 0 Å². The Hall–Kier alpha value is -2.50. The van der Waals surface area contributed by atoms with Crippen molar-refractivity contribution in [2.24, 2.45) is 11.6 Å². The standard InChI is InChI=1S/C23H27N3O/c24-22(15-18-7-3-1-4-8-18)23(27)17-26(25)16-19-11-13-21(14-12-19)20-9-5-2-6-10-20/h1-14,22-23,27H,15-17,24-25H2. The molecular weight excluding hydrogens is 334 g/mol. The fourth-order valence-electron chi connectivity index (χ4n) is 3.13. The van der Waals surface area contributed by atoms with Crippen molar-refractivity contribution in [2.75, 3.05) is 6.54 Å². The quantitative estimate of drug-likeness (QED) is 0.426. The van der Waals surface area contributed by atoms with Crippen LogP contribution in [0.4, 0.5) is 0 Å². The topological polar surface area (TPSA) is 75.5 Å². The second-order valence-electron chi connectivity index (χ2n) is 6.91. The minimum absolute atomic E-state index is 0.328. The predicted molar refractivity (Wildman–Crippen MR) is 111 cm³/mol. The van der Waals surface area contributed by atoms with E-state index in [1.54, 1.807) is 5.01 Å². The lowest BCUT2D eigenvalue weighted by Gasteiger charge is -2.24. The van der Waals surface area contributed by atoms with Gasteiger partial charge in [0.1, 0.15) is 0 Å². The highest BCUT2D eigenvalue weighted by molar-refractivity contribution is 5.63. The predicted octanol–water partition coefficient (Wildman–Crippen LogP) is 2.96. The second-order valence-corrected chi connectivity index (χ2v) is 6.91. The fraction of sp³-hybridized carbons (Fsp3) is 0.217. The van der Waals surface area contributed by atoms with E-state index in [0.717, 1.165) is 11.1 Å².